The third-order valence-electron chi connectivity index (χ3n) is 4.04. The molecule has 1 saturated carbocycles. The number of alkyl halides is 3. The van der Waals surface area contributed by atoms with Gasteiger partial charge in [0.1, 0.15) is 10.7 Å². The minimum absolute atomic E-state index is 0.0549. The van der Waals surface area contributed by atoms with Crippen molar-refractivity contribution in [3.63, 3.8) is 0 Å². The van der Waals surface area contributed by atoms with Crippen LogP contribution in [0.4, 0.5) is 23.2 Å². The number of rotatable bonds is 4. The zero-order chi connectivity index (χ0) is 17.7. The Balaban J connectivity index is 1.88. The van der Waals surface area contributed by atoms with Crippen molar-refractivity contribution in [3.8, 4) is 0 Å². The monoisotopic (exact) mass is 366 g/mol. The minimum atomic E-state index is -5.70. The van der Waals surface area contributed by atoms with E-state index in [0.29, 0.717) is 6.07 Å². The molecule has 3 rings (SSSR count). The van der Waals surface area contributed by atoms with Crippen LogP contribution in [0.5, 0.6) is 0 Å². The Hall–Kier alpha value is -1.84. The predicted octanol–water partition coefficient (Wildman–Crippen LogP) is 2.29. The Morgan fingerprint density at radius 3 is 2.46 bits per heavy atom. The summed E-state index contributed by atoms with van der Waals surface area (Å²) in [6.07, 6.45) is 1.84. The summed E-state index contributed by atoms with van der Waals surface area (Å²) in [5.74, 6) is -1.22. The molecule has 2 fully saturated rings. The van der Waals surface area contributed by atoms with Crippen molar-refractivity contribution in [3.05, 3.63) is 24.0 Å². The number of likely N-dealkylation sites (tertiary alicyclic amines) is 1. The molecule has 24 heavy (non-hydrogen) atoms. The van der Waals surface area contributed by atoms with Crippen LogP contribution in [0.2, 0.25) is 0 Å². The molecule has 5 nitrogen and oxygen atoms in total. The number of benzene rings is 1. The van der Waals surface area contributed by atoms with E-state index in [-0.39, 0.29) is 30.6 Å². The number of carbonyl (C=O) groups is 1. The number of carbonyl (C=O) groups excluding carboxylic acids is 1. The van der Waals surface area contributed by atoms with Crippen molar-refractivity contribution >= 4 is 21.4 Å². The molecule has 1 heterocycles. The second-order valence-corrected chi connectivity index (χ2v) is 7.82. The van der Waals surface area contributed by atoms with E-state index in [1.165, 1.54) is 0 Å². The first-order valence-corrected chi connectivity index (χ1v) is 8.75. The van der Waals surface area contributed by atoms with Crippen LogP contribution in [0.25, 0.3) is 0 Å². The summed E-state index contributed by atoms with van der Waals surface area (Å²) in [7, 11) is -5.70. The Labute approximate surface area is 135 Å². The SMILES string of the molecule is O=C1CC(Nc2ccc(F)cc2S(=O)(=O)C(F)(F)F)CN1C1CC1. The molecule has 0 spiro atoms. The highest BCUT2D eigenvalue weighted by molar-refractivity contribution is 7.92. The van der Waals surface area contributed by atoms with Gasteiger partial charge in [-0.05, 0) is 31.0 Å². The van der Waals surface area contributed by atoms with Crippen LogP contribution in [0.3, 0.4) is 0 Å². The van der Waals surface area contributed by atoms with Crippen molar-refractivity contribution in [1.82, 2.24) is 4.90 Å². The molecule has 1 N–H and O–H groups in total. The standard InChI is InChI=1S/C14H14F4N2O3S/c15-8-1-4-11(12(5-8)24(22,23)14(16,17)18)19-9-6-13(21)20(7-9)10-2-3-10/h1,4-5,9-10,19H,2-3,6-7H2. The summed E-state index contributed by atoms with van der Waals surface area (Å²) in [5, 5.41) is 2.65. The lowest BCUT2D eigenvalue weighted by molar-refractivity contribution is -0.128. The molecule has 1 aromatic carbocycles. The van der Waals surface area contributed by atoms with Gasteiger partial charge in [0.15, 0.2) is 0 Å². The summed E-state index contributed by atoms with van der Waals surface area (Å²) in [5.41, 5.74) is -5.90. The number of anilines is 1. The number of hydrogen-bond donors (Lipinski definition) is 1. The Morgan fingerprint density at radius 2 is 1.88 bits per heavy atom. The van der Waals surface area contributed by atoms with Crippen LogP contribution in [-0.2, 0) is 14.6 Å². The third-order valence-corrected chi connectivity index (χ3v) is 5.57. The first-order chi connectivity index (χ1) is 11.1. The van der Waals surface area contributed by atoms with Crippen LogP contribution in [0.1, 0.15) is 19.3 Å². The van der Waals surface area contributed by atoms with E-state index in [4.69, 9.17) is 0 Å². The number of amides is 1. The molecular weight excluding hydrogens is 352 g/mol. The van der Waals surface area contributed by atoms with Gasteiger partial charge >= 0.3 is 5.51 Å². The zero-order valence-corrected chi connectivity index (χ0v) is 13.1. The van der Waals surface area contributed by atoms with Crippen molar-refractivity contribution < 1.29 is 30.8 Å². The molecule has 2 aliphatic rings. The van der Waals surface area contributed by atoms with Gasteiger partial charge in [-0.2, -0.15) is 13.2 Å². The molecule has 0 radical (unpaired) electrons. The molecule has 1 aliphatic heterocycles. The van der Waals surface area contributed by atoms with E-state index in [0.717, 1.165) is 25.0 Å². The van der Waals surface area contributed by atoms with E-state index in [1.807, 2.05) is 0 Å². The molecule has 10 heteroatoms. The average molecular weight is 366 g/mol. The Morgan fingerprint density at radius 1 is 1.21 bits per heavy atom. The molecule has 1 atom stereocenters. The molecule has 1 aliphatic carbocycles. The van der Waals surface area contributed by atoms with Crippen molar-refractivity contribution in [2.75, 3.05) is 11.9 Å². The lowest BCUT2D eigenvalue weighted by Gasteiger charge is -2.19. The summed E-state index contributed by atoms with van der Waals surface area (Å²) in [6.45, 7) is 0.284. The van der Waals surface area contributed by atoms with Gasteiger partial charge in [-0.1, -0.05) is 0 Å². The van der Waals surface area contributed by atoms with Crippen LogP contribution in [0, 0.1) is 5.82 Å². The topological polar surface area (TPSA) is 66.5 Å². The number of halogens is 4. The van der Waals surface area contributed by atoms with Gasteiger partial charge in [-0.3, -0.25) is 4.79 Å². The molecule has 1 amide bonds. The van der Waals surface area contributed by atoms with Gasteiger partial charge in [-0.25, -0.2) is 12.8 Å². The maximum atomic E-state index is 13.3. The summed E-state index contributed by atoms with van der Waals surface area (Å²) in [4.78, 5) is 12.3. The second kappa shape index (κ2) is 5.61. The highest BCUT2D eigenvalue weighted by Crippen LogP contribution is 2.36. The summed E-state index contributed by atoms with van der Waals surface area (Å²) in [6, 6.07) is 1.79. The van der Waals surface area contributed by atoms with E-state index in [2.05, 4.69) is 5.32 Å². The van der Waals surface area contributed by atoms with Crippen LogP contribution < -0.4 is 5.32 Å². The van der Waals surface area contributed by atoms with Crippen molar-refractivity contribution in [2.24, 2.45) is 0 Å². The lowest BCUT2D eigenvalue weighted by atomic mass is 10.2. The normalized spacial score (nSPS) is 22.1. The van der Waals surface area contributed by atoms with Crippen LogP contribution in [-0.4, -0.2) is 43.4 Å². The summed E-state index contributed by atoms with van der Waals surface area (Å²) >= 11 is 0. The lowest BCUT2D eigenvalue weighted by Crippen LogP contribution is -2.30. The molecule has 0 aromatic heterocycles. The van der Waals surface area contributed by atoms with E-state index in [1.54, 1.807) is 4.90 Å². The van der Waals surface area contributed by atoms with Gasteiger partial charge < -0.3 is 10.2 Å². The first kappa shape index (κ1) is 17.0. The highest BCUT2D eigenvalue weighted by Gasteiger charge is 2.48. The largest absolute Gasteiger partial charge is 0.501 e. The minimum Gasteiger partial charge on any atom is -0.379 e. The van der Waals surface area contributed by atoms with Crippen LogP contribution >= 0.6 is 0 Å². The Bertz CT molecular complexity index is 775. The molecule has 0 bridgehead atoms. The summed E-state index contributed by atoms with van der Waals surface area (Å²) < 4.78 is 74.9. The Kier molecular flexibility index (Phi) is 3.97. The molecule has 1 aromatic rings. The number of nitrogens with one attached hydrogen (secondary N) is 1. The average Bonchev–Trinajstić information content (AvgIpc) is 3.24. The third kappa shape index (κ3) is 3.06. The molecular formula is C14H14F4N2O3S. The maximum Gasteiger partial charge on any atom is 0.501 e. The van der Waals surface area contributed by atoms with Crippen molar-refractivity contribution in [1.29, 1.82) is 0 Å². The molecule has 1 unspecified atom stereocenters. The fraction of sp³-hybridized carbons (Fsp3) is 0.500. The fourth-order valence-corrected chi connectivity index (χ4v) is 3.68. The van der Waals surface area contributed by atoms with E-state index >= 15 is 0 Å². The van der Waals surface area contributed by atoms with Gasteiger partial charge in [0.2, 0.25) is 5.91 Å². The zero-order valence-electron chi connectivity index (χ0n) is 12.3. The van der Waals surface area contributed by atoms with Gasteiger partial charge in [0, 0.05) is 19.0 Å². The van der Waals surface area contributed by atoms with E-state index < -0.39 is 32.1 Å². The number of nitrogens with zero attached hydrogens (tertiary/aromatic N) is 1. The number of hydrogen-bond acceptors (Lipinski definition) is 4. The molecule has 132 valence electrons. The maximum absolute atomic E-state index is 13.3. The quantitative estimate of drug-likeness (QED) is 0.831. The first-order valence-electron chi connectivity index (χ1n) is 7.26. The van der Waals surface area contributed by atoms with Crippen molar-refractivity contribution in [2.45, 2.75) is 41.7 Å². The van der Waals surface area contributed by atoms with Gasteiger partial charge in [-0.15, -0.1) is 0 Å². The van der Waals surface area contributed by atoms with Gasteiger partial charge in [0.25, 0.3) is 9.84 Å². The fourth-order valence-electron chi connectivity index (χ4n) is 2.75. The van der Waals surface area contributed by atoms with E-state index in [9.17, 15) is 30.8 Å². The van der Waals surface area contributed by atoms with Crippen LogP contribution in [0.15, 0.2) is 23.1 Å². The molecule has 1 saturated heterocycles. The smallest absolute Gasteiger partial charge is 0.379 e. The highest BCUT2D eigenvalue weighted by atomic mass is 32.2. The number of sulfone groups is 1. The van der Waals surface area contributed by atoms with Gasteiger partial charge in [0.05, 0.1) is 11.7 Å². The predicted molar refractivity (Wildman–Crippen MR) is 76.4 cm³/mol. The second-order valence-electron chi connectivity index (χ2n) is 5.91.